The first-order chi connectivity index (χ1) is 30.0. The zero-order valence-electron chi connectivity index (χ0n) is 40.9. The zero-order valence-corrected chi connectivity index (χ0v) is 40.9. The van der Waals surface area contributed by atoms with Crippen LogP contribution in [0.5, 0.6) is 0 Å². The molecule has 0 radical (unpaired) electrons. The van der Waals surface area contributed by atoms with Gasteiger partial charge < -0.3 is 20.3 Å². The maximum Gasteiger partial charge on any atom is 0.305 e. The van der Waals surface area contributed by atoms with E-state index in [0.717, 1.165) is 77.0 Å². The van der Waals surface area contributed by atoms with E-state index >= 15 is 0 Å². The van der Waals surface area contributed by atoms with Crippen molar-refractivity contribution in [3.63, 3.8) is 0 Å². The second kappa shape index (κ2) is 51.0. The van der Waals surface area contributed by atoms with Crippen molar-refractivity contribution in [2.24, 2.45) is 0 Å². The van der Waals surface area contributed by atoms with Crippen molar-refractivity contribution in [2.75, 3.05) is 13.2 Å². The molecule has 0 bridgehead atoms. The van der Waals surface area contributed by atoms with Crippen LogP contribution in [0.1, 0.15) is 290 Å². The van der Waals surface area contributed by atoms with E-state index in [1.54, 1.807) is 0 Å². The molecule has 2 atom stereocenters. The number of aliphatic hydroxyl groups excluding tert-OH is 2. The molecule has 0 spiro atoms. The third kappa shape index (κ3) is 47.7. The normalized spacial score (nSPS) is 12.8. The van der Waals surface area contributed by atoms with Gasteiger partial charge in [-0.05, 0) is 57.8 Å². The van der Waals surface area contributed by atoms with Crippen molar-refractivity contribution in [1.82, 2.24) is 5.32 Å². The topological polar surface area (TPSA) is 95.9 Å². The summed E-state index contributed by atoms with van der Waals surface area (Å²) in [6, 6.07) is -0.557. The predicted octanol–water partition coefficient (Wildman–Crippen LogP) is 16.3. The lowest BCUT2D eigenvalue weighted by molar-refractivity contribution is -0.143. The molecule has 0 aliphatic carbocycles. The maximum absolute atomic E-state index is 12.4. The molecule has 61 heavy (non-hydrogen) atoms. The van der Waals surface area contributed by atoms with E-state index in [1.807, 2.05) is 0 Å². The number of ether oxygens (including phenoxy) is 1. The highest BCUT2D eigenvalue weighted by Gasteiger charge is 2.20. The Morgan fingerprint density at radius 2 is 0.803 bits per heavy atom. The highest BCUT2D eigenvalue weighted by molar-refractivity contribution is 5.76. The van der Waals surface area contributed by atoms with Gasteiger partial charge in [0.1, 0.15) is 0 Å². The fraction of sp³-hybridized carbons (Fsp3) is 0.891. The third-order valence-electron chi connectivity index (χ3n) is 12.5. The van der Waals surface area contributed by atoms with Crippen LogP contribution in [-0.2, 0) is 14.3 Å². The number of carbonyl (C=O) groups is 2. The van der Waals surface area contributed by atoms with Gasteiger partial charge in [-0.2, -0.15) is 0 Å². The number of allylic oxidation sites excluding steroid dienone is 4. The van der Waals surface area contributed by atoms with Crippen LogP contribution < -0.4 is 5.32 Å². The molecular weight excluding hydrogens is 755 g/mol. The van der Waals surface area contributed by atoms with E-state index in [4.69, 9.17) is 4.74 Å². The molecule has 0 heterocycles. The molecule has 6 nitrogen and oxygen atoms in total. The number of carbonyl (C=O) groups excluding carboxylic acids is 2. The molecular formula is C55H105NO5. The Kier molecular flexibility index (Phi) is 49.6. The zero-order chi connectivity index (χ0) is 44.4. The molecule has 0 aromatic carbocycles. The predicted molar refractivity (Wildman–Crippen MR) is 264 cm³/mol. The first kappa shape index (κ1) is 59.3. The summed E-state index contributed by atoms with van der Waals surface area (Å²) < 4.78 is 5.44. The van der Waals surface area contributed by atoms with Crippen LogP contribution in [0.2, 0.25) is 0 Å². The maximum atomic E-state index is 12.4. The van der Waals surface area contributed by atoms with Crippen molar-refractivity contribution in [3.8, 4) is 0 Å². The molecule has 0 aromatic rings. The van der Waals surface area contributed by atoms with Gasteiger partial charge in [0.2, 0.25) is 5.91 Å². The van der Waals surface area contributed by atoms with Gasteiger partial charge in [-0.25, -0.2) is 0 Å². The lowest BCUT2D eigenvalue weighted by Gasteiger charge is -2.22. The standard InChI is InChI=1S/C55H105NO5/c1-3-5-7-9-11-13-15-17-20-23-27-31-35-39-43-47-53(58)52(51-57)56-54(59)48-44-40-36-32-28-24-21-19-22-26-30-34-38-42-46-50-61-55(60)49-45-41-37-33-29-25-18-16-14-12-10-8-6-4-2/h19,22,26,30,52-53,57-58H,3-18,20-21,23-25,27-29,31-51H2,1-2H3,(H,56,59)/b22-19-,30-26-. The molecule has 360 valence electrons. The molecule has 6 heteroatoms. The Morgan fingerprint density at radius 3 is 1.21 bits per heavy atom. The number of rotatable bonds is 50. The van der Waals surface area contributed by atoms with Crippen LogP contribution >= 0.6 is 0 Å². The molecule has 2 unspecified atom stereocenters. The lowest BCUT2D eigenvalue weighted by atomic mass is 10.0. The molecule has 0 aliphatic heterocycles. The first-order valence-corrected chi connectivity index (χ1v) is 27.1. The van der Waals surface area contributed by atoms with Gasteiger partial charge in [0.15, 0.2) is 0 Å². The summed E-state index contributed by atoms with van der Waals surface area (Å²) in [5.74, 6) is -0.0758. The summed E-state index contributed by atoms with van der Waals surface area (Å²) in [5, 5.41) is 23.2. The summed E-state index contributed by atoms with van der Waals surface area (Å²) in [6.07, 6.45) is 60.1. The summed E-state index contributed by atoms with van der Waals surface area (Å²) in [7, 11) is 0. The third-order valence-corrected chi connectivity index (χ3v) is 12.5. The molecule has 0 rings (SSSR count). The minimum Gasteiger partial charge on any atom is -0.466 e. The Labute approximate surface area is 380 Å². The summed E-state index contributed by atoms with van der Waals surface area (Å²) in [6.45, 7) is 4.90. The van der Waals surface area contributed by atoms with Crippen molar-refractivity contribution >= 4 is 11.9 Å². The number of nitrogens with one attached hydrogen (secondary N) is 1. The number of hydrogen-bond acceptors (Lipinski definition) is 5. The van der Waals surface area contributed by atoms with E-state index in [2.05, 4.69) is 43.5 Å². The molecule has 0 aromatic heterocycles. The highest BCUT2D eigenvalue weighted by atomic mass is 16.5. The summed E-state index contributed by atoms with van der Waals surface area (Å²) in [4.78, 5) is 24.5. The van der Waals surface area contributed by atoms with Gasteiger partial charge in [0.25, 0.3) is 0 Å². The first-order valence-electron chi connectivity index (χ1n) is 27.1. The van der Waals surface area contributed by atoms with Crippen LogP contribution in [0.25, 0.3) is 0 Å². The average Bonchev–Trinajstić information content (AvgIpc) is 3.26. The van der Waals surface area contributed by atoms with E-state index in [1.165, 1.54) is 180 Å². The second-order valence-corrected chi connectivity index (χ2v) is 18.6. The quantitative estimate of drug-likeness (QED) is 0.0322. The van der Waals surface area contributed by atoms with Crippen LogP contribution in [0.15, 0.2) is 24.3 Å². The molecule has 0 aliphatic rings. The SMILES string of the molecule is CCCCCCCCCCCCCCCCCC(O)C(CO)NC(=O)CCCCCCCC/C=C\C=C/CCCCCOC(=O)CCCCCCCCCCCCCCCC. The van der Waals surface area contributed by atoms with E-state index in [0.29, 0.717) is 25.9 Å². The van der Waals surface area contributed by atoms with E-state index in [-0.39, 0.29) is 18.5 Å². The Morgan fingerprint density at radius 1 is 0.459 bits per heavy atom. The highest BCUT2D eigenvalue weighted by Crippen LogP contribution is 2.17. The molecule has 0 saturated carbocycles. The fourth-order valence-electron chi connectivity index (χ4n) is 8.34. The van der Waals surface area contributed by atoms with Crippen molar-refractivity contribution in [1.29, 1.82) is 0 Å². The Bertz CT molecular complexity index is 951. The number of hydrogen-bond donors (Lipinski definition) is 3. The van der Waals surface area contributed by atoms with Gasteiger partial charge in [0.05, 0.1) is 25.4 Å². The smallest absolute Gasteiger partial charge is 0.305 e. The molecule has 3 N–H and O–H groups in total. The second-order valence-electron chi connectivity index (χ2n) is 18.6. The lowest BCUT2D eigenvalue weighted by Crippen LogP contribution is -2.45. The number of aliphatic hydroxyl groups is 2. The minimum absolute atomic E-state index is 0.0193. The Balaban J connectivity index is 3.51. The molecule has 0 saturated heterocycles. The average molecular weight is 860 g/mol. The summed E-state index contributed by atoms with van der Waals surface area (Å²) >= 11 is 0. The Hall–Kier alpha value is -1.66. The number of esters is 1. The fourth-order valence-corrected chi connectivity index (χ4v) is 8.34. The van der Waals surface area contributed by atoms with Crippen LogP contribution in [0.3, 0.4) is 0 Å². The summed E-state index contributed by atoms with van der Waals surface area (Å²) in [5.41, 5.74) is 0. The monoisotopic (exact) mass is 860 g/mol. The molecule has 1 amide bonds. The van der Waals surface area contributed by atoms with Crippen molar-refractivity contribution in [3.05, 3.63) is 24.3 Å². The molecule has 0 fully saturated rings. The van der Waals surface area contributed by atoms with Crippen LogP contribution in [-0.4, -0.2) is 47.4 Å². The largest absolute Gasteiger partial charge is 0.466 e. The number of amides is 1. The van der Waals surface area contributed by atoms with Gasteiger partial charge in [-0.1, -0.05) is 244 Å². The van der Waals surface area contributed by atoms with Crippen LogP contribution in [0.4, 0.5) is 0 Å². The van der Waals surface area contributed by atoms with E-state index < -0.39 is 12.1 Å². The van der Waals surface area contributed by atoms with Gasteiger partial charge in [0, 0.05) is 12.8 Å². The number of unbranched alkanes of at least 4 members (excludes halogenated alkanes) is 36. The van der Waals surface area contributed by atoms with Gasteiger partial charge in [-0.15, -0.1) is 0 Å². The van der Waals surface area contributed by atoms with E-state index in [9.17, 15) is 19.8 Å². The van der Waals surface area contributed by atoms with Crippen LogP contribution in [0, 0.1) is 0 Å². The minimum atomic E-state index is -0.678. The van der Waals surface area contributed by atoms with Gasteiger partial charge in [-0.3, -0.25) is 9.59 Å². The van der Waals surface area contributed by atoms with Crippen molar-refractivity contribution < 1.29 is 24.5 Å². The van der Waals surface area contributed by atoms with Crippen molar-refractivity contribution in [2.45, 2.75) is 302 Å². The van der Waals surface area contributed by atoms with Gasteiger partial charge >= 0.3 is 5.97 Å².